The van der Waals surface area contributed by atoms with Gasteiger partial charge >= 0.3 is 27.3 Å². The molecule has 0 aliphatic carbocycles. The molecule has 0 saturated carbocycles. The summed E-state index contributed by atoms with van der Waals surface area (Å²) in [6, 6.07) is 8.56. The van der Waals surface area contributed by atoms with Crippen LogP contribution in [0.4, 0.5) is 8.78 Å². The van der Waals surface area contributed by atoms with E-state index in [-0.39, 0.29) is 27.1 Å². The molecule has 13 heteroatoms. The quantitative estimate of drug-likeness (QED) is 0.239. The zero-order chi connectivity index (χ0) is 24.6. The van der Waals surface area contributed by atoms with Crippen LogP contribution >= 0.6 is 0 Å². The number of hydrogen-bond acceptors (Lipinski definition) is 9. The van der Waals surface area contributed by atoms with E-state index in [1.165, 1.54) is 31.2 Å². The van der Waals surface area contributed by atoms with E-state index < -0.39 is 52.3 Å². The summed E-state index contributed by atoms with van der Waals surface area (Å²) in [5.74, 6) is -6.08. The van der Waals surface area contributed by atoms with Gasteiger partial charge in [-0.2, -0.15) is 17.2 Å². The molecule has 174 valence electrons. The Balaban J connectivity index is 1.77. The van der Waals surface area contributed by atoms with Crippen LogP contribution in [0.3, 0.4) is 0 Å². The smallest absolute Gasteiger partial charge is 0.459 e. The maximum atomic E-state index is 14.3. The van der Waals surface area contributed by atoms with E-state index in [0.717, 1.165) is 0 Å². The maximum Gasteiger partial charge on any atom is 0.467 e. The number of imide groups is 1. The standard InChI is InChI=1S/C20H15F2NO9S/c1-11(2)18(26)30-9-10-31-19(27)20(21,22)33(28,29)32-23-16(24)13-7-3-5-12-6-4-8-14(15(12)13)17(23)25/h3-8H,1,9-10H2,2H3. The van der Waals surface area contributed by atoms with Gasteiger partial charge in [0.15, 0.2) is 0 Å². The number of nitrogens with zero attached hydrogens (tertiary/aromatic N) is 1. The van der Waals surface area contributed by atoms with Gasteiger partial charge in [0.2, 0.25) is 0 Å². The normalized spacial score (nSPS) is 13.7. The fourth-order valence-electron chi connectivity index (χ4n) is 2.80. The number of rotatable bonds is 8. The number of halogens is 2. The van der Waals surface area contributed by atoms with Crippen LogP contribution in [-0.2, 0) is 33.5 Å². The van der Waals surface area contributed by atoms with Crippen molar-refractivity contribution in [1.29, 1.82) is 0 Å². The van der Waals surface area contributed by atoms with E-state index in [1.54, 1.807) is 12.1 Å². The molecule has 0 unspecified atom stereocenters. The van der Waals surface area contributed by atoms with Crippen LogP contribution in [0.1, 0.15) is 27.6 Å². The average molecular weight is 483 g/mol. The number of benzene rings is 2. The van der Waals surface area contributed by atoms with Gasteiger partial charge in [0, 0.05) is 11.0 Å². The molecule has 0 saturated heterocycles. The summed E-state index contributed by atoms with van der Waals surface area (Å²) in [6.45, 7) is 3.03. The monoisotopic (exact) mass is 483 g/mol. The lowest BCUT2D eigenvalue weighted by atomic mass is 9.95. The number of alkyl halides is 2. The molecule has 1 aliphatic heterocycles. The van der Waals surface area contributed by atoms with E-state index in [0.29, 0.717) is 5.39 Å². The molecule has 0 radical (unpaired) electrons. The molecule has 1 heterocycles. The number of amides is 2. The summed E-state index contributed by atoms with van der Waals surface area (Å²) in [6.07, 6.45) is 0. The highest BCUT2D eigenvalue weighted by atomic mass is 32.2. The van der Waals surface area contributed by atoms with E-state index in [2.05, 4.69) is 20.3 Å². The Labute approximate surface area is 185 Å². The molecular weight excluding hydrogens is 468 g/mol. The largest absolute Gasteiger partial charge is 0.467 e. The van der Waals surface area contributed by atoms with Crippen molar-refractivity contribution in [2.45, 2.75) is 12.2 Å². The van der Waals surface area contributed by atoms with Crippen LogP contribution < -0.4 is 0 Å². The minimum atomic E-state index is -6.21. The Morgan fingerprint density at radius 1 is 1.00 bits per heavy atom. The second-order valence-electron chi connectivity index (χ2n) is 6.71. The Kier molecular flexibility index (Phi) is 6.29. The van der Waals surface area contributed by atoms with Crippen LogP contribution in [0.2, 0.25) is 0 Å². The van der Waals surface area contributed by atoms with Gasteiger partial charge in [-0.1, -0.05) is 30.8 Å². The van der Waals surface area contributed by atoms with E-state index in [4.69, 9.17) is 0 Å². The summed E-state index contributed by atoms with van der Waals surface area (Å²) < 4.78 is 65.6. The number of hydrogen-bond donors (Lipinski definition) is 0. The Morgan fingerprint density at radius 2 is 1.52 bits per heavy atom. The van der Waals surface area contributed by atoms with Crippen molar-refractivity contribution in [3.8, 4) is 0 Å². The van der Waals surface area contributed by atoms with E-state index in [9.17, 15) is 36.4 Å². The van der Waals surface area contributed by atoms with Crippen LogP contribution in [0.5, 0.6) is 0 Å². The Bertz CT molecular complexity index is 1250. The topological polar surface area (TPSA) is 133 Å². The second-order valence-corrected chi connectivity index (χ2v) is 8.28. The van der Waals surface area contributed by atoms with Crippen molar-refractivity contribution >= 4 is 44.6 Å². The van der Waals surface area contributed by atoms with Crippen molar-refractivity contribution in [2.75, 3.05) is 13.2 Å². The molecule has 2 aromatic carbocycles. The molecule has 0 fully saturated rings. The third-order valence-electron chi connectivity index (χ3n) is 4.36. The molecule has 10 nitrogen and oxygen atoms in total. The summed E-state index contributed by atoms with van der Waals surface area (Å²) in [5, 5.41) is -4.98. The molecule has 0 atom stereocenters. The lowest BCUT2D eigenvalue weighted by Crippen LogP contribution is -2.48. The third-order valence-corrected chi connectivity index (χ3v) is 5.50. The van der Waals surface area contributed by atoms with Crippen molar-refractivity contribution in [3.05, 3.63) is 59.7 Å². The van der Waals surface area contributed by atoms with Gasteiger partial charge in [-0.25, -0.2) is 9.59 Å². The average Bonchev–Trinajstić information content (AvgIpc) is 2.77. The molecule has 0 bridgehead atoms. The van der Waals surface area contributed by atoms with Crippen LogP contribution in [0, 0.1) is 0 Å². The first-order valence-corrected chi connectivity index (χ1v) is 10.5. The van der Waals surface area contributed by atoms with Gasteiger partial charge < -0.3 is 9.47 Å². The van der Waals surface area contributed by atoms with Gasteiger partial charge in [0.25, 0.3) is 11.8 Å². The van der Waals surface area contributed by atoms with Crippen LogP contribution in [-0.4, -0.2) is 55.7 Å². The first-order valence-electron chi connectivity index (χ1n) is 9.11. The van der Waals surface area contributed by atoms with Gasteiger partial charge in [-0.3, -0.25) is 9.59 Å². The van der Waals surface area contributed by atoms with Crippen LogP contribution in [0.15, 0.2) is 48.6 Å². The van der Waals surface area contributed by atoms with Crippen molar-refractivity contribution < 1.29 is 50.1 Å². The first kappa shape index (κ1) is 23.9. The molecule has 0 N–H and O–H groups in total. The Hall–Kier alpha value is -3.71. The highest BCUT2D eigenvalue weighted by Crippen LogP contribution is 2.33. The molecule has 3 rings (SSSR count). The SMILES string of the molecule is C=C(C)C(=O)OCCOC(=O)C(F)(F)S(=O)(=O)ON1C(=O)c2cccc3cccc(c23)C1=O. The number of carbonyl (C=O) groups is 4. The molecule has 1 aliphatic rings. The first-order chi connectivity index (χ1) is 15.4. The highest BCUT2D eigenvalue weighted by molar-refractivity contribution is 7.88. The molecule has 0 aromatic heterocycles. The van der Waals surface area contributed by atoms with Crippen molar-refractivity contribution in [1.82, 2.24) is 5.06 Å². The summed E-state index contributed by atoms with van der Waals surface area (Å²) in [5.41, 5.74) is -0.331. The zero-order valence-corrected chi connectivity index (χ0v) is 17.7. The lowest BCUT2D eigenvalue weighted by Gasteiger charge is -2.26. The predicted molar refractivity (Wildman–Crippen MR) is 106 cm³/mol. The van der Waals surface area contributed by atoms with Gasteiger partial charge in [-0.05, 0) is 24.4 Å². The Morgan fingerprint density at radius 3 is 2.03 bits per heavy atom. The zero-order valence-electron chi connectivity index (χ0n) is 16.9. The van der Waals surface area contributed by atoms with Crippen molar-refractivity contribution in [2.24, 2.45) is 0 Å². The minimum Gasteiger partial charge on any atom is -0.459 e. The second kappa shape index (κ2) is 8.67. The molecular formula is C20H15F2NO9S. The van der Waals surface area contributed by atoms with Gasteiger partial charge in [0.1, 0.15) is 13.2 Å². The van der Waals surface area contributed by atoms with E-state index >= 15 is 0 Å². The maximum absolute atomic E-state index is 14.3. The number of ether oxygens (including phenoxy) is 2. The van der Waals surface area contributed by atoms with Crippen LogP contribution in [0.25, 0.3) is 10.8 Å². The number of esters is 2. The molecule has 33 heavy (non-hydrogen) atoms. The highest BCUT2D eigenvalue weighted by Gasteiger charge is 2.58. The number of carbonyl (C=O) groups excluding carboxylic acids is 4. The molecule has 0 spiro atoms. The van der Waals surface area contributed by atoms with Gasteiger partial charge in [0.05, 0.1) is 11.1 Å². The molecule has 2 aromatic rings. The lowest BCUT2D eigenvalue weighted by molar-refractivity contribution is -0.165. The number of hydroxylamine groups is 2. The minimum absolute atomic E-state index is 0.00392. The van der Waals surface area contributed by atoms with E-state index in [1.807, 2.05) is 0 Å². The van der Waals surface area contributed by atoms with Crippen molar-refractivity contribution in [3.63, 3.8) is 0 Å². The fraction of sp³-hybridized carbons (Fsp3) is 0.200. The van der Waals surface area contributed by atoms with Gasteiger partial charge in [-0.15, -0.1) is 9.35 Å². The predicted octanol–water partition coefficient (Wildman–Crippen LogP) is 1.95. The molecule has 2 amide bonds. The summed E-state index contributed by atoms with van der Waals surface area (Å²) in [7, 11) is -6.21. The summed E-state index contributed by atoms with van der Waals surface area (Å²) in [4.78, 5) is 48.1. The fourth-order valence-corrected chi connectivity index (χ4v) is 3.49. The summed E-state index contributed by atoms with van der Waals surface area (Å²) >= 11 is 0. The third kappa shape index (κ3) is 4.32.